The van der Waals surface area contributed by atoms with Crippen LogP contribution in [0.4, 0.5) is 0 Å². The Labute approximate surface area is 141 Å². The molecule has 1 saturated carbocycles. The molecule has 0 atom stereocenters. The normalized spacial score (nSPS) is 15.5. The zero-order chi connectivity index (χ0) is 17.9. The molecule has 4 N–H and O–H groups in total. The number of nitrogens with two attached hydrogens (primary N) is 2. The van der Waals surface area contributed by atoms with Gasteiger partial charge >= 0.3 is 0 Å². The van der Waals surface area contributed by atoms with Gasteiger partial charge in [-0.25, -0.2) is 8.42 Å². The van der Waals surface area contributed by atoms with Crippen LogP contribution >= 0.6 is 0 Å². The van der Waals surface area contributed by atoms with Crippen LogP contribution in [0.25, 0.3) is 0 Å². The minimum absolute atomic E-state index is 0.0718. The Bertz CT molecular complexity index is 828. The molecule has 128 valence electrons. The summed E-state index contributed by atoms with van der Waals surface area (Å²) in [5, 5.41) is 9.36. The molecular weight excluding hydrogens is 328 g/mol. The highest BCUT2D eigenvalue weighted by Gasteiger charge is 2.26. The Balaban J connectivity index is 2.67. The van der Waals surface area contributed by atoms with Gasteiger partial charge in [-0.2, -0.15) is 10.3 Å². The summed E-state index contributed by atoms with van der Waals surface area (Å²) in [7, 11) is -3.56. The molecule has 0 aliphatic heterocycles. The van der Waals surface area contributed by atoms with Gasteiger partial charge in [-0.15, -0.1) is 0 Å². The third-order valence-corrected chi connectivity index (χ3v) is 5.33. The highest BCUT2D eigenvalue weighted by atomic mass is 32.2. The van der Waals surface area contributed by atoms with E-state index in [4.69, 9.17) is 11.5 Å². The van der Waals surface area contributed by atoms with Crippen LogP contribution in [0.3, 0.4) is 0 Å². The fourth-order valence-corrected chi connectivity index (χ4v) is 4.08. The second kappa shape index (κ2) is 7.01. The molecule has 24 heavy (non-hydrogen) atoms. The first-order valence-corrected chi connectivity index (χ1v) is 9.55. The standard InChI is InChI=1S/C16H20N4O3S/c1-24(22,23)14-8-13(15(21)20-16(18)19)11(9-17)7-12(14)10-5-3-2-4-6-10/h7-8,10H,2-6H2,1H3,(H4,18,19,20,21). The first-order chi connectivity index (χ1) is 11.2. The van der Waals surface area contributed by atoms with Crippen LogP contribution in [0.2, 0.25) is 0 Å². The zero-order valence-corrected chi connectivity index (χ0v) is 14.3. The van der Waals surface area contributed by atoms with E-state index in [0.717, 1.165) is 38.4 Å². The molecule has 1 aromatic carbocycles. The molecule has 0 unspecified atom stereocenters. The largest absolute Gasteiger partial charge is 0.370 e. The van der Waals surface area contributed by atoms with Gasteiger partial charge in [0.1, 0.15) is 0 Å². The average molecular weight is 348 g/mol. The van der Waals surface area contributed by atoms with Crippen LogP contribution in [0.1, 0.15) is 59.5 Å². The fraction of sp³-hybridized carbons (Fsp3) is 0.438. The van der Waals surface area contributed by atoms with Gasteiger partial charge in [-0.1, -0.05) is 19.3 Å². The Morgan fingerprint density at radius 1 is 1.25 bits per heavy atom. The molecule has 1 aliphatic carbocycles. The van der Waals surface area contributed by atoms with Gasteiger partial charge in [0.05, 0.1) is 22.1 Å². The Morgan fingerprint density at radius 2 is 1.88 bits per heavy atom. The number of benzene rings is 1. The molecule has 7 nitrogen and oxygen atoms in total. The van der Waals surface area contributed by atoms with E-state index >= 15 is 0 Å². The Hall–Kier alpha value is -2.40. The van der Waals surface area contributed by atoms with Crippen molar-refractivity contribution < 1.29 is 13.2 Å². The molecule has 0 aromatic heterocycles. The van der Waals surface area contributed by atoms with Gasteiger partial charge in [-0.3, -0.25) is 4.79 Å². The smallest absolute Gasteiger partial charge is 0.281 e. The summed E-state index contributed by atoms with van der Waals surface area (Å²) in [6.07, 6.45) is 5.99. The summed E-state index contributed by atoms with van der Waals surface area (Å²) in [6, 6.07) is 4.67. The number of sulfone groups is 1. The Morgan fingerprint density at radius 3 is 2.38 bits per heavy atom. The Kier molecular flexibility index (Phi) is 5.24. The van der Waals surface area contributed by atoms with Crippen molar-refractivity contribution in [3.05, 3.63) is 28.8 Å². The molecule has 0 heterocycles. The molecule has 8 heteroatoms. The molecule has 0 saturated heterocycles. The predicted molar refractivity (Wildman–Crippen MR) is 90.2 cm³/mol. The molecule has 1 amide bonds. The van der Waals surface area contributed by atoms with Crippen molar-refractivity contribution in [2.24, 2.45) is 16.5 Å². The number of aliphatic imine (C=N–C) groups is 1. The minimum atomic E-state index is -3.56. The number of guanidine groups is 1. The van der Waals surface area contributed by atoms with Gasteiger partial charge in [0.2, 0.25) is 0 Å². The van der Waals surface area contributed by atoms with E-state index in [0.29, 0.717) is 5.56 Å². The SMILES string of the molecule is CS(=O)(=O)c1cc(C(=O)N=C(N)N)c(C#N)cc1C1CCCCC1. The second-order valence-corrected chi connectivity index (χ2v) is 7.98. The van der Waals surface area contributed by atoms with E-state index in [1.807, 2.05) is 6.07 Å². The lowest BCUT2D eigenvalue weighted by Gasteiger charge is -2.24. The molecule has 1 fully saturated rings. The van der Waals surface area contributed by atoms with Crippen molar-refractivity contribution in [2.45, 2.75) is 42.9 Å². The maximum absolute atomic E-state index is 12.2. The highest BCUT2D eigenvalue weighted by molar-refractivity contribution is 7.90. The van der Waals surface area contributed by atoms with Gasteiger partial charge in [-0.05, 0) is 36.5 Å². The average Bonchev–Trinajstić information content (AvgIpc) is 2.52. The van der Waals surface area contributed by atoms with E-state index in [9.17, 15) is 18.5 Å². The van der Waals surface area contributed by atoms with E-state index in [1.54, 1.807) is 0 Å². The summed E-state index contributed by atoms with van der Waals surface area (Å²) >= 11 is 0. The number of hydrogen-bond donors (Lipinski definition) is 2. The van der Waals surface area contributed by atoms with Gasteiger partial charge in [0.25, 0.3) is 5.91 Å². The summed E-state index contributed by atoms with van der Waals surface area (Å²) in [5.74, 6) is -1.20. The minimum Gasteiger partial charge on any atom is -0.370 e. The first kappa shape index (κ1) is 17.9. The van der Waals surface area contributed by atoms with E-state index in [1.165, 1.54) is 12.1 Å². The first-order valence-electron chi connectivity index (χ1n) is 7.66. The highest BCUT2D eigenvalue weighted by Crippen LogP contribution is 2.37. The molecule has 2 rings (SSSR count). The monoisotopic (exact) mass is 348 g/mol. The molecule has 1 aromatic rings. The van der Waals surface area contributed by atoms with Crippen molar-refractivity contribution in [1.82, 2.24) is 0 Å². The summed E-state index contributed by atoms with van der Waals surface area (Å²) in [6.45, 7) is 0. The van der Waals surface area contributed by atoms with Crippen molar-refractivity contribution >= 4 is 21.7 Å². The number of nitrogens with zero attached hydrogens (tertiary/aromatic N) is 2. The van der Waals surface area contributed by atoms with Crippen LogP contribution < -0.4 is 11.5 Å². The van der Waals surface area contributed by atoms with Crippen LogP contribution in [0, 0.1) is 11.3 Å². The second-order valence-electron chi connectivity index (χ2n) is 6.00. The van der Waals surface area contributed by atoms with Gasteiger partial charge in [0, 0.05) is 6.26 Å². The van der Waals surface area contributed by atoms with E-state index in [2.05, 4.69) is 4.99 Å². The summed E-state index contributed by atoms with van der Waals surface area (Å²) < 4.78 is 24.4. The van der Waals surface area contributed by atoms with Crippen LogP contribution in [0.5, 0.6) is 0 Å². The third-order valence-electron chi connectivity index (χ3n) is 4.18. The number of rotatable bonds is 3. The van der Waals surface area contributed by atoms with Crippen molar-refractivity contribution in [3.8, 4) is 6.07 Å². The lowest BCUT2D eigenvalue weighted by atomic mass is 9.83. The lowest BCUT2D eigenvalue weighted by molar-refractivity contribution is 0.100. The fourth-order valence-electron chi connectivity index (χ4n) is 3.10. The molecule has 0 bridgehead atoms. The molecule has 0 spiro atoms. The summed E-state index contributed by atoms with van der Waals surface area (Å²) in [5.41, 5.74) is 11.0. The van der Waals surface area contributed by atoms with E-state index in [-0.39, 0.29) is 21.9 Å². The van der Waals surface area contributed by atoms with Gasteiger partial charge in [0.15, 0.2) is 15.8 Å². The van der Waals surface area contributed by atoms with Crippen LogP contribution in [0.15, 0.2) is 22.0 Å². The third kappa shape index (κ3) is 3.92. The number of nitriles is 1. The maximum atomic E-state index is 12.2. The number of hydrogen-bond acceptors (Lipinski definition) is 4. The van der Waals surface area contributed by atoms with Crippen LogP contribution in [-0.4, -0.2) is 26.5 Å². The van der Waals surface area contributed by atoms with Crippen LogP contribution in [-0.2, 0) is 9.84 Å². The van der Waals surface area contributed by atoms with Crippen molar-refractivity contribution in [1.29, 1.82) is 5.26 Å². The summed E-state index contributed by atoms with van der Waals surface area (Å²) in [4.78, 5) is 15.6. The number of carbonyl (C=O) groups is 1. The lowest BCUT2D eigenvalue weighted by Crippen LogP contribution is -2.24. The number of amides is 1. The topological polar surface area (TPSA) is 139 Å². The van der Waals surface area contributed by atoms with Gasteiger partial charge < -0.3 is 11.5 Å². The van der Waals surface area contributed by atoms with Crippen molar-refractivity contribution in [3.63, 3.8) is 0 Å². The number of carbonyl (C=O) groups excluding carboxylic acids is 1. The maximum Gasteiger partial charge on any atom is 0.281 e. The predicted octanol–water partition coefficient (Wildman–Crippen LogP) is 1.42. The zero-order valence-electron chi connectivity index (χ0n) is 13.4. The molecule has 0 radical (unpaired) electrons. The quantitative estimate of drug-likeness (QED) is 0.625. The van der Waals surface area contributed by atoms with Crippen molar-refractivity contribution in [2.75, 3.05) is 6.26 Å². The molecule has 1 aliphatic rings. The molecular formula is C16H20N4O3S. The van der Waals surface area contributed by atoms with E-state index < -0.39 is 21.7 Å².